The number of para-hydroxylation sites is 1. The van der Waals surface area contributed by atoms with Crippen LogP contribution in [0.3, 0.4) is 0 Å². The lowest BCUT2D eigenvalue weighted by Gasteiger charge is -2.45. The molecule has 0 aromatic heterocycles. The molecule has 5 atom stereocenters. The summed E-state index contributed by atoms with van der Waals surface area (Å²) in [7, 11) is 0. The molecule has 8 heteroatoms. The van der Waals surface area contributed by atoms with E-state index in [0.717, 1.165) is 12.1 Å². The number of unbranched alkanes of at least 4 members (excludes halogenated alkanes) is 1. The minimum atomic E-state index is -1.11. The van der Waals surface area contributed by atoms with Gasteiger partial charge in [-0.1, -0.05) is 58.0 Å². The van der Waals surface area contributed by atoms with Crippen molar-refractivity contribution in [1.82, 2.24) is 9.80 Å². The molecule has 2 bridgehead atoms. The molecule has 3 saturated heterocycles. The van der Waals surface area contributed by atoms with Crippen LogP contribution < -0.4 is 4.90 Å². The molecule has 0 saturated carbocycles. The lowest BCUT2D eigenvalue weighted by molar-refractivity contribution is -0.157. The molecule has 1 N–H and O–H groups in total. The number of hydrogen-bond donors (Lipinski definition) is 1. The molecule has 3 aliphatic rings. The van der Waals surface area contributed by atoms with Crippen molar-refractivity contribution in [3.05, 3.63) is 55.6 Å². The second-order valence-corrected chi connectivity index (χ2v) is 14.7. The standard InChI is InChI=1S/C36H53N3O5/c1-9-21-37(26-17-13-12-14-18-26)30(41)27-28-31(42)38(23-15-16-24-40)29(36(28)20-19-35(27,11-3)44-36)32(43)39(22-10-2)34(7,8)25-33(4,5)6/h9-10,12-14,17-18,27-29,40H,1-2,11,15-16,19-25H2,3-8H3/t27-,28-,29?,35+,36?/m0/s1. The van der Waals surface area contributed by atoms with E-state index in [1.54, 1.807) is 22.0 Å². The van der Waals surface area contributed by atoms with E-state index in [2.05, 4.69) is 47.8 Å². The Bertz CT molecular complexity index is 1240. The predicted octanol–water partition coefficient (Wildman–Crippen LogP) is 5.36. The molecule has 1 aromatic rings. The van der Waals surface area contributed by atoms with E-state index in [1.165, 1.54) is 0 Å². The van der Waals surface area contributed by atoms with Gasteiger partial charge in [0.1, 0.15) is 11.6 Å². The average molecular weight is 608 g/mol. The molecule has 2 unspecified atom stereocenters. The van der Waals surface area contributed by atoms with Crippen LogP contribution in [0.1, 0.15) is 80.1 Å². The molecule has 1 aromatic carbocycles. The van der Waals surface area contributed by atoms with Gasteiger partial charge in [0.05, 0.1) is 17.4 Å². The molecular formula is C36H53N3O5. The minimum Gasteiger partial charge on any atom is -0.396 e. The monoisotopic (exact) mass is 607 g/mol. The highest BCUT2D eigenvalue weighted by atomic mass is 16.5. The van der Waals surface area contributed by atoms with Crippen molar-refractivity contribution < 1.29 is 24.2 Å². The maximum absolute atomic E-state index is 15.0. The van der Waals surface area contributed by atoms with Gasteiger partial charge in [0.15, 0.2) is 0 Å². The van der Waals surface area contributed by atoms with Gasteiger partial charge < -0.3 is 24.5 Å². The number of anilines is 1. The number of ether oxygens (including phenoxy) is 1. The van der Waals surface area contributed by atoms with Crippen molar-refractivity contribution in [2.45, 2.75) is 103 Å². The van der Waals surface area contributed by atoms with Crippen LogP contribution in [0.4, 0.5) is 5.69 Å². The Morgan fingerprint density at radius 3 is 2.27 bits per heavy atom. The van der Waals surface area contributed by atoms with Gasteiger partial charge in [0.2, 0.25) is 17.7 Å². The molecule has 242 valence electrons. The van der Waals surface area contributed by atoms with Gasteiger partial charge in [-0.15, -0.1) is 13.2 Å². The molecule has 0 aliphatic carbocycles. The molecule has 8 nitrogen and oxygen atoms in total. The second kappa shape index (κ2) is 12.8. The molecule has 0 radical (unpaired) electrons. The first-order valence-electron chi connectivity index (χ1n) is 16.2. The maximum Gasteiger partial charge on any atom is 0.249 e. The summed E-state index contributed by atoms with van der Waals surface area (Å²) in [6.45, 7) is 21.4. The van der Waals surface area contributed by atoms with Crippen molar-refractivity contribution in [3.8, 4) is 0 Å². The maximum atomic E-state index is 15.0. The van der Waals surface area contributed by atoms with Gasteiger partial charge in [-0.25, -0.2) is 0 Å². The quantitative estimate of drug-likeness (QED) is 0.227. The Labute approximate surface area is 264 Å². The number of benzene rings is 1. The van der Waals surface area contributed by atoms with Gasteiger partial charge in [-0.3, -0.25) is 14.4 Å². The number of aliphatic hydroxyl groups is 1. The van der Waals surface area contributed by atoms with Crippen molar-refractivity contribution in [2.24, 2.45) is 17.3 Å². The first-order chi connectivity index (χ1) is 20.7. The zero-order valence-electron chi connectivity index (χ0n) is 27.7. The average Bonchev–Trinajstić information content (AvgIpc) is 3.57. The molecule has 3 heterocycles. The predicted molar refractivity (Wildman–Crippen MR) is 174 cm³/mol. The van der Waals surface area contributed by atoms with Crippen LogP contribution in [0.5, 0.6) is 0 Å². The van der Waals surface area contributed by atoms with E-state index < -0.39 is 34.6 Å². The highest BCUT2D eigenvalue weighted by Crippen LogP contribution is 2.65. The SMILES string of the molecule is C=CCN(C(=O)[C@@H]1[C@H]2C(=O)N(CCCCO)C(C(=O)N(CC=C)C(C)(C)CC(C)(C)C)C23CC[C@@]1(CC)O3)c1ccccc1. The van der Waals surface area contributed by atoms with E-state index in [1.807, 2.05) is 42.2 Å². The summed E-state index contributed by atoms with van der Waals surface area (Å²) in [5.74, 6) is -2.04. The number of aliphatic hydroxyl groups excluding tert-OH is 1. The third-order valence-electron chi connectivity index (χ3n) is 9.90. The van der Waals surface area contributed by atoms with Crippen LogP contribution in [-0.4, -0.2) is 81.7 Å². The smallest absolute Gasteiger partial charge is 0.249 e. The van der Waals surface area contributed by atoms with Crippen LogP contribution in [0.15, 0.2) is 55.6 Å². The molecule has 3 aliphatic heterocycles. The lowest BCUT2D eigenvalue weighted by atomic mass is 9.64. The van der Waals surface area contributed by atoms with Gasteiger partial charge >= 0.3 is 0 Å². The van der Waals surface area contributed by atoms with Crippen molar-refractivity contribution >= 4 is 23.4 Å². The third kappa shape index (κ3) is 5.87. The summed E-state index contributed by atoms with van der Waals surface area (Å²) in [5.41, 5.74) is -1.79. The number of nitrogens with zero attached hydrogens (tertiary/aromatic N) is 3. The van der Waals surface area contributed by atoms with Crippen molar-refractivity contribution in [2.75, 3.05) is 31.1 Å². The minimum absolute atomic E-state index is 0.000559. The largest absolute Gasteiger partial charge is 0.396 e. The van der Waals surface area contributed by atoms with Crippen molar-refractivity contribution in [3.63, 3.8) is 0 Å². The van der Waals surface area contributed by atoms with Gasteiger partial charge in [-0.05, 0) is 69.9 Å². The van der Waals surface area contributed by atoms with Crippen LogP contribution in [0.2, 0.25) is 0 Å². The second-order valence-electron chi connectivity index (χ2n) is 14.7. The zero-order valence-corrected chi connectivity index (χ0v) is 27.7. The Balaban J connectivity index is 1.83. The normalized spacial score (nSPS) is 27.8. The topological polar surface area (TPSA) is 90.4 Å². The van der Waals surface area contributed by atoms with Crippen LogP contribution in [0.25, 0.3) is 0 Å². The van der Waals surface area contributed by atoms with E-state index in [4.69, 9.17) is 4.74 Å². The van der Waals surface area contributed by atoms with E-state index >= 15 is 0 Å². The Morgan fingerprint density at radius 2 is 1.70 bits per heavy atom. The molecular weight excluding hydrogens is 554 g/mol. The fourth-order valence-electron chi connectivity index (χ4n) is 8.54. The molecule has 3 amide bonds. The fraction of sp³-hybridized carbons (Fsp3) is 0.639. The number of rotatable bonds is 14. The summed E-state index contributed by atoms with van der Waals surface area (Å²) in [4.78, 5) is 49.5. The van der Waals surface area contributed by atoms with E-state index in [-0.39, 0.29) is 29.7 Å². The number of amides is 3. The van der Waals surface area contributed by atoms with Crippen molar-refractivity contribution in [1.29, 1.82) is 0 Å². The summed E-state index contributed by atoms with van der Waals surface area (Å²) in [6.07, 6.45) is 6.93. The number of carbonyl (C=O) groups excluding carboxylic acids is 3. The van der Waals surface area contributed by atoms with Gasteiger partial charge in [0, 0.05) is 37.5 Å². The summed E-state index contributed by atoms with van der Waals surface area (Å²) < 4.78 is 7.04. The first-order valence-corrected chi connectivity index (χ1v) is 16.2. The number of likely N-dealkylation sites (tertiary alicyclic amines) is 1. The number of fused-ring (bicyclic) bond motifs is 1. The third-order valence-corrected chi connectivity index (χ3v) is 9.90. The van der Waals surface area contributed by atoms with Crippen LogP contribution in [-0.2, 0) is 19.1 Å². The summed E-state index contributed by atoms with van der Waals surface area (Å²) in [6, 6.07) is 8.59. The Morgan fingerprint density at radius 1 is 1.05 bits per heavy atom. The first kappa shape index (κ1) is 33.9. The van der Waals surface area contributed by atoms with Gasteiger partial charge in [-0.2, -0.15) is 0 Å². The van der Waals surface area contributed by atoms with Crippen LogP contribution >= 0.6 is 0 Å². The van der Waals surface area contributed by atoms with E-state index in [0.29, 0.717) is 51.7 Å². The van der Waals surface area contributed by atoms with E-state index in [9.17, 15) is 19.5 Å². The Kier molecular flexibility index (Phi) is 9.86. The molecule has 3 fully saturated rings. The highest BCUT2D eigenvalue weighted by molar-refractivity contribution is 6.03. The number of carbonyl (C=O) groups is 3. The molecule has 44 heavy (non-hydrogen) atoms. The molecule has 1 spiro atoms. The zero-order chi connectivity index (χ0) is 32.5. The van der Waals surface area contributed by atoms with Crippen LogP contribution in [0, 0.1) is 17.3 Å². The fourth-order valence-corrected chi connectivity index (χ4v) is 8.54. The van der Waals surface area contributed by atoms with Gasteiger partial charge in [0.25, 0.3) is 0 Å². The lowest BCUT2D eigenvalue weighted by Crippen LogP contribution is -2.61. The Hall–Kier alpha value is -2.97. The molecule has 4 rings (SSSR count). The summed E-state index contributed by atoms with van der Waals surface area (Å²) >= 11 is 0. The summed E-state index contributed by atoms with van der Waals surface area (Å²) in [5, 5.41) is 9.55. The highest BCUT2D eigenvalue weighted by Gasteiger charge is 2.79. The number of hydrogen-bond acceptors (Lipinski definition) is 5.